The lowest BCUT2D eigenvalue weighted by Crippen LogP contribution is -2.40. The van der Waals surface area contributed by atoms with E-state index in [4.69, 9.17) is 16.0 Å². The molecule has 0 radical (unpaired) electrons. The number of amides is 1. The summed E-state index contributed by atoms with van der Waals surface area (Å²) >= 11 is 6.62. The van der Waals surface area contributed by atoms with Gasteiger partial charge < -0.3 is 8.98 Å². The highest BCUT2D eigenvalue weighted by atomic mass is 35.5. The van der Waals surface area contributed by atoms with Gasteiger partial charge in [-0.2, -0.15) is 12.7 Å². The molecule has 0 saturated heterocycles. The number of hydrogen-bond donors (Lipinski definition) is 1. The number of nitrogens with one attached hydrogen (secondary N) is 1. The lowest BCUT2D eigenvalue weighted by atomic mass is 9.93. The van der Waals surface area contributed by atoms with Gasteiger partial charge in [-0.05, 0) is 30.3 Å². The van der Waals surface area contributed by atoms with E-state index in [1.165, 1.54) is 20.4 Å². The van der Waals surface area contributed by atoms with Gasteiger partial charge in [0.25, 0.3) is 5.91 Å². The molecule has 0 atom stereocenters. The van der Waals surface area contributed by atoms with Crippen molar-refractivity contribution in [2.75, 3.05) is 14.1 Å². The van der Waals surface area contributed by atoms with E-state index >= 15 is 0 Å². The molecule has 1 amide bonds. The third-order valence-corrected chi connectivity index (χ3v) is 8.65. The Morgan fingerprint density at radius 1 is 1.15 bits per heavy atom. The van der Waals surface area contributed by atoms with Gasteiger partial charge in [0.15, 0.2) is 5.78 Å². The van der Waals surface area contributed by atoms with Crippen molar-refractivity contribution in [2.24, 2.45) is 0 Å². The lowest BCUT2D eigenvalue weighted by molar-refractivity contribution is -0.113. The molecule has 2 aromatic carbocycles. The number of halogens is 1. The fraction of sp³-hybridized carbons (Fsp3) is 0.138. The maximum absolute atomic E-state index is 13.9. The quantitative estimate of drug-likeness (QED) is 0.283. The van der Waals surface area contributed by atoms with Crippen LogP contribution in [0, 0.1) is 0 Å². The number of allylic oxidation sites excluding steroid dienone is 4. The second kappa shape index (κ2) is 9.74. The highest BCUT2D eigenvalue weighted by Gasteiger charge is 2.32. The van der Waals surface area contributed by atoms with Crippen molar-refractivity contribution in [2.45, 2.75) is 13.0 Å². The van der Waals surface area contributed by atoms with E-state index in [1.807, 2.05) is 42.5 Å². The van der Waals surface area contributed by atoms with E-state index in [0.29, 0.717) is 33.1 Å². The minimum atomic E-state index is -4.16. The predicted octanol–water partition coefficient (Wildman–Crippen LogP) is 5.09. The molecule has 1 aliphatic carbocycles. The van der Waals surface area contributed by atoms with Crippen molar-refractivity contribution >= 4 is 71.8 Å². The van der Waals surface area contributed by atoms with Crippen LogP contribution in [0.25, 0.3) is 38.3 Å². The maximum atomic E-state index is 13.9. The normalized spacial score (nSPS) is 14.0. The SMILES string of the molecule is CN(C)S(=O)(=O)NC(=O)c1c(C2=CC=CCC2=O)c2c3occc3ccc2n1Cc1cc2ccccc2nc1Cl. The number of ketones is 1. The first-order chi connectivity index (χ1) is 19.2. The number of furan rings is 1. The van der Waals surface area contributed by atoms with E-state index < -0.39 is 16.1 Å². The fourth-order valence-electron chi connectivity index (χ4n) is 4.96. The minimum absolute atomic E-state index is 0.0107. The molecule has 3 aromatic heterocycles. The second-order valence-electron chi connectivity index (χ2n) is 9.59. The van der Waals surface area contributed by atoms with Crippen LogP contribution in [-0.4, -0.2) is 48.1 Å². The van der Waals surface area contributed by atoms with Crippen molar-refractivity contribution in [1.82, 2.24) is 18.6 Å². The molecule has 6 rings (SSSR count). The number of pyridine rings is 1. The van der Waals surface area contributed by atoms with E-state index in [2.05, 4.69) is 9.71 Å². The Hall–Kier alpha value is -4.25. The molecule has 1 aliphatic rings. The fourth-order valence-corrected chi connectivity index (χ4v) is 5.68. The Kier molecular flexibility index (Phi) is 6.33. The first-order valence-corrected chi connectivity index (χ1v) is 14.2. The molecule has 9 nitrogen and oxygen atoms in total. The van der Waals surface area contributed by atoms with Gasteiger partial charge in [0.1, 0.15) is 16.4 Å². The summed E-state index contributed by atoms with van der Waals surface area (Å²) in [6.07, 6.45) is 6.77. The molecule has 0 fully saturated rings. The summed E-state index contributed by atoms with van der Waals surface area (Å²) in [5.41, 5.74) is 2.93. The highest BCUT2D eigenvalue weighted by molar-refractivity contribution is 7.87. The van der Waals surface area contributed by atoms with Crippen LogP contribution in [-0.2, 0) is 21.5 Å². The van der Waals surface area contributed by atoms with Crippen LogP contribution in [0.1, 0.15) is 28.0 Å². The lowest BCUT2D eigenvalue weighted by Gasteiger charge is -2.17. The number of carbonyl (C=O) groups excluding carboxylic acids is 2. The zero-order valence-electron chi connectivity index (χ0n) is 21.5. The molecule has 11 heteroatoms. The van der Waals surface area contributed by atoms with E-state index in [0.717, 1.165) is 15.1 Å². The van der Waals surface area contributed by atoms with Gasteiger partial charge in [-0.1, -0.05) is 48.0 Å². The van der Waals surface area contributed by atoms with Gasteiger partial charge in [-0.3, -0.25) is 9.59 Å². The number of benzene rings is 2. The van der Waals surface area contributed by atoms with E-state index in [9.17, 15) is 18.0 Å². The number of aromatic nitrogens is 2. The Labute approximate surface area is 234 Å². The highest BCUT2D eigenvalue weighted by Crippen LogP contribution is 2.39. The van der Waals surface area contributed by atoms with Crippen LogP contribution in [0.4, 0.5) is 0 Å². The first-order valence-electron chi connectivity index (χ1n) is 12.4. The van der Waals surface area contributed by atoms with Crippen LogP contribution in [0.5, 0.6) is 0 Å². The zero-order valence-corrected chi connectivity index (χ0v) is 23.1. The summed E-state index contributed by atoms with van der Waals surface area (Å²) in [7, 11) is -1.53. The number of hydrogen-bond acceptors (Lipinski definition) is 6. The maximum Gasteiger partial charge on any atom is 0.303 e. The van der Waals surface area contributed by atoms with Gasteiger partial charge in [-0.25, -0.2) is 9.71 Å². The third kappa shape index (κ3) is 4.30. The molecule has 0 spiro atoms. The van der Waals surface area contributed by atoms with Crippen LogP contribution < -0.4 is 4.72 Å². The van der Waals surface area contributed by atoms with Crippen molar-refractivity contribution in [3.8, 4) is 0 Å². The third-order valence-electron chi connectivity index (χ3n) is 6.92. The molecular formula is C29H23ClN4O5S. The van der Waals surface area contributed by atoms with Crippen LogP contribution >= 0.6 is 11.6 Å². The molecule has 3 heterocycles. The standard InChI is InChI=1S/C29H23ClN4O5S/c1-33(2)40(37,38)32-29(36)26-24(20-8-4-6-10-23(20)35)25-22(12-11-17-13-14-39-27(17)25)34(26)16-19-15-18-7-3-5-9-21(18)31-28(19)30/h3-9,11-15H,10,16H2,1-2H3,(H,32,36). The summed E-state index contributed by atoms with van der Waals surface area (Å²) < 4.78 is 36.1. The minimum Gasteiger partial charge on any atom is -0.464 e. The topological polar surface area (TPSA) is 115 Å². The summed E-state index contributed by atoms with van der Waals surface area (Å²) in [6, 6.07) is 14.8. The number of Topliss-reactive ketones (excluding diaryl/α,β-unsaturated/α-hetero) is 1. The van der Waals surface area contributed by atoms with E-state index in [-0.39, 0.29) is 35.2 Å². The zero-order chi connectivity index (χ0) is 28.2. The Morgan fingerprint density at radius 3 is 2.73 bits per heavy atom. The number of fused-ring (bicyclic) bond motifs is 4. The van der Waals surface area contributed by atoms with Crippen molar-refractivity contribution in [1.29, 1.82) is 0 Å². The summed E-state index contributed by atoms with van der Waals surface area (Å²) in [5.74, 6) is -1.10. The molecular weight excluding hydrogens is 552 g/mol. The van der Waals surface area contributed by atoms with Crippen molar-refractivity contribution < 1.29 is 22.4 Å². The summed E-state index contributed by atoms with van der Waals surface area (Å²) in [6.45, 7) is 0.0709. The molecule has 0 aliphatic heterocycles. The number of carbonyl (C=O) groups is 2. The predicted molar refractivity (Wildman–Crippen MR) is 154 cm³/mol. The van der Waals surface area contributed by atoms with Gasteiger partial charge >= 0.3 is 10.2 Å². The Bertz CT molecular complexity index is 2040. The second-order valence-corrected chi connectivity index (χ2v) is 11.8. The average Bonchev–Trinajstić information content (AvgIpc) is 3.52. The van der Waals surface area contributed by atoms with E-state index in [1.54, 1.807) is 28.9 Å². The monoisotopic (exact) mass is 574 g/mol. The molecule has 0 unspecified atom stereocenters. The van der Waals surface area contributed by atoms with Gasteiger partial charge in [0, 0.05) is 48.0 Å². The number of rotatable bonds is 6. The van der Waals surface area contributed by atoms with Crippen molar-refractivity contribution in [3.05, 3.63) is 95.0 Å². The Morgan fingerprint density at radius 2 is 1.95 bits per heavy atom. The molecule has 40 heavy (non-hydrogen) atoms. The molecule has 5 aromatic rings. The van der Waals surface area contributed by atoms with Crippen LogP contribution in [0.15, 0.2) is 77.4 Å². The molecule has 202 valence electrons. The van der Waals surface area contributed by atoms with Crippen molar-refractivity contribution in [3.63, 3.8) is 0 Å². The summed E-state index contributed by atoms with van der Waals surface area (Å²) in [5, 5.41) is 2.38. The smallest absolute Gasteiger partial charge is 0.303 e. The average molecular weight is 575 g/mol. The van der Waals surface area contributed by atoms with Gasteiger partial charge in [0.2, 0.25) is 0 Å². The molecule has 1 N–H and O–H groups in total. The largest absolute Gasteiger partial charge is 0.464 e. The number of nitrogens with zero attached hydrogens (tertiary/aromatic N) is 3. The number of para-hydroxylation sites is 1. The van der Waals surface area contributed by atoms with Crippen LogP contribution in [0.3, 0.4) is 0 Å². The summed E-state index contributed by atoms with van der Waals surface area (Å²) in [4.78, 5) is 31.6. The Balaban J connectivity index is 1.68. The van der Waals surface area contributed by atoms with Crippen LogP contribution in [0.2, 0.25) is 5.15 Å². The van der Waals surface area contributed by atoms with Gasteiger partial charge in [-0.15, -0.1) is 0 Å². The molecule has 0 bridgehead atoms. The molecule has 0 saturated carbocycles. The van der Waals surface area contributed by atoms with Gasteiger partial charge in [0.05, 0.1) is 29.2 Å². The first kappa shape index (κ1) is 26.0.